The van der Waals surface area contributed by atoms with E-state index in [-0.39, 0.29) is 12.1 Å². The van der Waals surface area contributed by atoms with E-state index < -0.39 is 0 Å². The zero-order chi connectivity index (χ0) is 10.7. The Balaban J connectivity index is 2.50. The van der Waals surface area contributed by atoms with Crippen LogP contribution in [-0.4, -0.2) is 55.6 Å². The molecule has 1 fully saturated rings. The van der Waals surface area contributed by atoms with Crippen molar-refractivity contribution in [2.24, 2.45) is 0 Å². The molecule has 1 aliphatic rings. The third kappa shape index (κ3) is 2.38. The third-order valence-corrected chi connectivity index (χ3v) is 2.98. The average Bonchev–Trinajstić information content (AvgIpc) is 2.67. The number of likely N-dealkylation sites (N-methyl/N-ethyl adjacent to an activating group) is 1. The highest BCUT2D eigenvalue weighted by Gasteiger charge is 2.27. The fourth-order valence-corrected chi connectivity index (χ4v) is 1.88. The summed E-state index contributed by atoms with van der Waals surface area (Å²) in [5.74, 6) is 0. The minimum Gasteiger partial charge on any atom is -0.331 e. The molecule has 1 saturated heterocycles. The quantitative estimate of drug-likeness (QED) is 0.712. The van der Waals surface area contributed by atoms with E-state index in [1.54, 1.807) is 19.0 Å². The van der Waals surface area contributed by atoms with Crippen molar-refractivity contribution in [1.29, 1.82) is 0 Å². The molecular weight excluding hydrogens is 178 g/mol. The Kier molecular flexibility index (Phi) is 3.75. The minimum atomic E-state index is 0.0752. The lowest BCUT2D eigenvalue weighted by Crippen LogP contribution is -2.49. The highest BCUT2D eigenvalue weighted by atomic mass is 16.2. The molecule has 4 heteroatoms. The van der Waals surface area contributed by atoms with Crippen LogP contribution in [0.4, 0.5) is 4.79 Å². The van der Waals surface area contributed by atoms with Crippen LogP contribution in [0.5, 0.6) is 0 Å². The summed E-state index contributed by atoms with van der Waals surface area (Å²) in [6, 6.07) is 0.808. The lowest BCUT2D eigenvalue weighted by atomic mass is 10.1. The van der Waals surface area contributed by atoms with Gasteiger partial charge in [-0.2, -0.15) is 0 Å². The Morgan fingerprint density at radius 3 is 2.50 bits per heavy atom. The lowest BCUT2D eigenvalue weighted by Gasteiger charge is -2.31. The van der Waals surface area contributed by atoms with E-state index in [9.17, 15) is 4.79 Å². The second-order valence-corrected chi connectivity index (χ2v) is 4.23. The molecule has 0 aromatic heterocycles. The van der Waals surface area contributed by atoms with Gasteiger partial charge in [0.1, 0.15) is 0 Å². The molecule has 1 heterocycles. The number of rotatable bonds is 2. The second kappa shape index (κ2) is 4.64. The molecule has 0 aromatic rings. The standard InChI is InChI=1S/C10H21N3O/c1-8(9-6-5-7-11-9)13(4)10(14)12(2)3/h8-9,11H,5-7H2,1-4H3. The fourth-order valence-electron chi connectivity index (χ4n) is 1.88. The molecule has 0 radical (unpaired) electrons. The van der Waals surface area contributed by atoms with Crippen LogP contribution >= 0.6 is 0 Å². The van der Waals surface area contributed by atoms with E-state index in [1.165, 1.54) is 12.8 Å². The number of carbonyl (C=O) groups is 1. The Morgan fingerprint density at radius 2 is 2.07 bits per heavy atom. The van der Waals surface area contributed by atoms with Gasteiger partial charge < -0.3 is 15.1 Å². The molecule has 0 aromatic carbocycles. The van der Waals surface area contributed by atoms with Crippen LogP contribution in [0.2, 0.25) is 0 Å². The molecule has 0 bridgehead atoms. The van der Waals surface area contributed by atoms with Crippen LogP contribution in [0, 0.1) is 0 Å². The summed E-state index contributed by atoms with van der Waals surface area (Å²) in [6.45, 7) is 3.18. The van der Waals surface area contributed by atoms with Crippen LogP contribution in [0.15, 0.2) is 0 Å². The summed E-state index contributed by atoms with van der Waals surface area (Å²) in [5, 5.41) is 3.42. The first-order chi connectivity index (χ1) is 6.54. The maximum absolute atomic E-state index is 11.7. The van der Waals surface area contributed by atoms with E-state index in [0.717, 1.165) is 6.54 Å². The molecule has 2 atom stereocenters. The largest absolute Gasteiger partial charge is 0.331 e. The molecule has 82 valence electrons. The van der Waals surface area contributed by atoms with Crippen LogP contribution < -0.4 is 5.32 Å². The average molecular weight is 199 g/mol. The number of hydrogen-bond donors (Lipinski definition) is 1. The highest BCUT2D eigenvalue weighted by Crippen LogP contribution is 2.13. The summed E-state index contributed by atoms with van der Waals surface area (Å²) in [7, 11) is 5.44. The number of urea groups is 1. The van der Waals surface area contributed by atoms with Gasteiger partial charge in [-0.1, -0.05) is 0 Å². The molecule has 2 amide bonds. The topological polar surface area (TPSA) is 35.6 Å². The molecule has 0 saturated carbocycles. The summed E-state index contributed by atoms with van der Waals surface area (Å²) in [6.07, 6.45) is 2.39. The molecule has 1 aliphatic heterocycles. The van der Waals surface area contributed by atoms with Crippen molar-refractivity contribution >= 4 is 6.03 Å². The van der Waals surface area contributed by atoms with Gasteiger partial charge >= 0.3 is 6.03 Å². The first kappa shape index (κ1) is 11.3. The molecule has 2 unspecified atom stereocenters. The zero-order valence-electron chi connectivity index (χ0n) is 9.58. The smallest absolute Gasteiger partial charge is 0.319 e. The van der Waals surface area contributed by atoms with Gasteiger partial charge in [-0.25, -0.2) is 4.79 Å². The van der Waals surface area contributed by atoms with Gasteiger partial charge in [0.05, 0.1) is 0 Å². The first-order valence-electron chi connectivity index (χ1n) is 5.21. The lowest BCUT2D eigenvalue weighted by molar-refractivity contribution is 0.157. The van der Waals surface area contributed by atoms with Gasteiger partial charge in [-0.15, -0.1) is 0 Å². The monoisotopic (exact) mass is 199 g/mol. The number of nitrogens with zero attached hydrogens (tertiary/aromatic N) is 2. The second-order valence-electron chi connectivity index (χ2n) is 4.23. The van der Waals surface area contributed by atoms with E-state index in [2.05, 4.69) is 12.2 Å². The Labute approximate surface area is 86.2 Å². The van der Waals surface area contributed by atoms with Crippen molar-refractivity contribution in [2.75, 3.05) is 27.7 Å². The van der Waals surface area contributed by atoms with E-state index in [1.807, 2.05) is 11.9 Å². The van der Waals surface area contributed by atoms with Crippen molar-refractivity contribution < 1.29 is 4.79 Å². The predicted molar refractivity (Wildman–Crippen MR) is 57.3 cm³/mol. The molecule has 4 nitrogen and oxygen atoms in total. The molecule has 1 N–H and O–H groups in total. The van der Waals surface area contributed by atoms with Crippen LogP contribution in [0.3, 0.4) is 0 Å². The van der Waals surface area contributed by atoms with Crippen molar-refractivity contribution in [1.82, 2.24) is 15.1 Å². The van der Waals surface area contributed by atoms with Gasteiger partial charge in [-0.3, -0.25) is 0 Å². The number of hydrogen-bond acceptors (Lipinski definition) is 2. The minimum absolute atomic E-state index is 0.0752. The third-order valence-electron chi connectivity index (χ3n) is 2.98. The maximum atomic E-state index is 11.7. The molecule has 1 rings (SSSR count). The molecule has 0 spiro atoms. The van der Waals surface area contributed by atoms with E-state index >= 15 is 0 Å². The summed E-state index contributed by atoms with van der Waals surface area (Å²) in [4.78, 5) is 15.1. The van der Waals surface area contributed by atoms with Crippen LogP contribution in [-0.2, 0) is 0 Å². The summed E-state index contributed by atoms with van der Waals surface area (Å²) < 4.78 is 0. The van der Waals surface area contributed by atoms with Gasteiger partial charge in [0.15, 0.2) is 0 Å². The van der Waals surface area contributed by atoms with Crippen LogP contribution in [0.25, 0.3) is 0 Å². The number of amides is 2. The number of nitrogens with one attached hydrogen (secondary N) is 1. The van der Waals surface area contributed by atoms with Crippen molar-refractivity contribution in [2.45, 2.75) is 31.8 Å². The van der Waals surface area contributed by atoms with E-state index in [4.69, 9.17) is 0 Å². The van der Waals surface area contributed by atoms with Crippen LogP contribution in [0.1, 0.15) is 19.8 Å². The Bertz CT molecular complexity index is 200. The Morgan fingerprint density at radius 1 is 1.43 bits per heavy atom. The SMILES string of the molecule is CC(C1CCCN1)N(C)C(=O)N(C)C. The first-order valence-corrected chi connectivity index (χ1v) is 5.21. The fraction of sp³-hybridized carbons (Fsp3) is 0.900. The van der Waals surface area contributed by atoms with Crippen molar-refractivity contribution in [3.05, 3.63) is 0 Å². The highest BCUT2D eigenvalue weighted by molar-refractivity contribution is 5.73. The predicted octanol–water partition coefficient (Wildman–Crippen LogP) is 0.740. The summed E-state index contributed by atoms with van der Waals surface area (Å²) >= 11 is 0. The number of carbonyl (C=O) groups excluding carboxylic acids is 1. The van der Waals surface area contributed by atoms with Gasteiger partial charge in [0, 0.05) is 33.2 Å². The maximum Gasteiger partial charge on any atom is 0.319 e. The molecule has 14 heavy (non-hydrogen) atoms. The zero-order valence-corrected chi connectivity index (χ0v) is 9.58. The molecular formula is C10H21N3O. The Hall–Kier alpha value is -0.770. The van der Waals surface area contributed by atoms with Crippen molar-refractivity contribution in [3.8, 4) is 0 Å². The van der Waals surface area contributed by atoms with Crippen molar-refractivity contribution in [3.63, 3.8) is 0 Å². The van der Waals surface area contributed by atoms with Gasteiger partial charge in [0.2, 0.25) is 0 Å². The summed E-state index contributed by atoms with van der Waals surface area (Å²) in [5.41, 5.74) is 0. The van der Waals surface area contributed by atoms with E-state index in [0.29, 0.717) is 6.04 Å². The molecule has 0 aliphatic carbocycles. The normalized spacial score (nSPS) is 23.3. The van der Waals surface area contributed by atoms with Gasteiger partial charge in [0.25, 0.3) is 0 Å². The van der Waals surface area contributed by atoms with Gasteiger partial charge in [-0.05, 0) is 26.3 Å².